The van der Waals surface area contributed by atoms with Gasteiger partial charge in [0.15, 0.2) is 5.16 Å². The van der Waals surface area contributed by atoms with Crippen LogP contribution in [0.1, 0.15) is 22.5 Å². The predicted octanol–water partition coefficient (Wildman–Crippen LogP) is 6.11. The molecule has 0 fully saturated rings. The van der Waals surface area contributed by atoms with Gasteiger partial charge in [-0.15, -0.1) is 10.2 Å². The first-order chi connectivity index (χ1) is 13.7. The van der Waals surface area contributed by atoms with Crippen molar-refractivity contribution in [1.29, 1.82) is 0 Å². The van der Waals surface area contributed by atoms with Crippen LogP contribution in [0.5, 0.6) is 0 Å². The van der Waals surface area contributed by atoms with Gasteiger partial charge < -0.3 is 0 Å². The molecule has 1 aromatic heterocycles. The molecule has 0 bridgehead atoms. The molecule has 3 aromatic carbocycles. The Bertz CT molecular complexity index is 1060. The van der Waals surface area contributed by atoms with Crippen molar-refractivity contribution in [2.24, 2.45) is 0 Å². The molecule has 140 valence electrons. The Kier molecular flexibility index (Phi) is 5.79. The molecule has 0 atom stereocenters. The van der Waals surface area contributed by atoms with Gasteiger partial charge in [-0.25, -0.2) is 0 Å². The highest BCUT2D eigenvalue weighted by molar-refractivity contribution is 7.98. The standard InChI is InChI=1S/C23H20ClN3S/c1-17-6-5-9-21(14-17)27-22(15-18-7-3-2-4-8-18)25-26-23(27)28-16-19-10-12-20(24)13-11-19/h2-14H,15-16H2,1H3. The third kappa shape index (κ3) is 4.46. The molecule has 4 aromatic rings. The summed E-state index contributed by atoms with van der Waals surface area (Å²) in [5.41, 5.74) is 4.73. The van der Waals surface area contributed by atoms with Gasteiger partial charge in [-0.1, -0.05) is 78.0 Å². The van der Waals surface area contributed by atoms with E-state index in [1.165, 1.54) is 16.7 Å². The first-order valence-electron chi connectivity index (χ1n) is 9.11. The van der Waals surface area contributed by atoms with Gasteiger partial charge in [0, 0.05) is 22.9 Å². The van der Waals surface area contributed by atoms with Gasteiger partial charge in [-0.2, -0.15) is 0 Å². The Balaban J connectivity index is 1.66. The van der Waals surface area contributed by atoms with Crippen LogP contribution in [0.3, 0.4) is 0 Å². The molecule has 28 heavy (non-hydrogen) atoms. The van der Waals surface area contributed by atoms with Gasteiger partial charge >= 0.3 is 0 Å². The Labute approximate surface area is 174 Å². The van der Waals surface area contributed by atoms with E-state index < -0.39 is 0 Å². The van der Waals surface area contributed by atoms with Crippen molar-refractivity contribution in [1.82, 2.24) is 14.8 Å². The van der Waals surface area contributed by atoms with E-state index >= 15 is 0 Å². The van der Waals surface area contributed by atoms with Crippen LogP contribution >= 0.6 is 23.4 Å². The average Bonchev–Trinajstić information content (AvgIpc) is 3.11. The van der Waals surface area contributed by atoms with Crippen molar-refractivity contribution in [3.63, 3.8) is 0 Å². The maximum Gasteiger partial charge on any atom is 0.196 e. The highest BCUT2D eigenvalue weighted by Gasteiger charge is 2.15. The normalized spacial score (nSPS) is 10.9. The van der Waals surface area contributed by atoms with E-state index in [1.54, 1.807) is 11.8 Å². The molecule has 0 saturated carbocycles. The lowest BCUT2D eigenvalue weighted by Crippen LogP contribution is -2.04. The minimum Gasteiger partial charge on any atom is -0.274 e. The highest BCUT2D eigenvalue weighted by Crippen LogP contribution is 2.27. The first kappa shape index (κ1) is 18.8. The molecule has 4 rings (SSSR count). The van der Waals surface area contributed by atoms with Gasteiger partial charge in [0.05, 0.1) is 0 Å². The largest absolute Gasteiger partial charge is 0.274 e. The fourth-order valence-electron chi connectivity index (χ4n) is 3.04. The van der Waals surface area contributed by atoms with Crippen molar-refractivity contribution < 1.29 is 0 Å². The third-order valence-electron chi connectivity index (χ3n) is 4.45. The van der Waals surface area contributed by atoms with Crippen molar-refractivity contribution in [2.75, 3.05) is 0 Å². The molecule has 3 nitrogen and oxygen atoms in total. The van der Waals surface area contributed by atoms with Crippen LogP contribution in [-0.2, 0) is 12.2 Å². The average molecular weight is 406 g/mol. The monoisotopic (exact) mass is 405 g/mol. The van der Waals surface area contributed by atoms with Gasteiger partial charge in [0.25, 0.3) is 0 Å². The summed E-state index contributed by atoms with van der Waals surface area (Å²) in [7, 11) is 0. The molecule has 0 aliphatic rings. The lowest BCUT2D eigenvalue weighted by molar-refractivity contribution is 0.846. The molecule has 0 unspecified atom stereocenters. The minimum atomic E-state index is 0.739. The maximum absolute atomic E-state index is 6.00. The van der Waals surface area contributed by atoms with Crippen LogP contribution in [0.4, 0.5) is 0 Å². The zero-order valence-electron chi connectivity index (χ0n) is 15.5. The maximum atomic E-state index is 6.00. The van der Waals surface area contributed by atoms with Crippen LogP contribution < -0.4 is 0 Å². The quantitative estimate of drug-likeness (QED) is 0.362. The van der Waals surface area contributed by atoms with Crippen molar-refractivity contribution in [3.8, 4) is 5.69 Å². The molecule has 0 spiro atoms. The van der Waals surface area contributed by atoms with E-state index in [1.807, 2.05) is 30.3 Å². The van der Waals surface area contributed by atoms with Gasteiger partial charge in [-0.3, -0.25) is 4.57 Å². The fourth-order valence-corrected chi connectivity index (χ4v) is 4.09. The summed E-state index contributed by atoms with van der Waals surface area (Å²) in [6.45, 7) is 2.10. The number of thioether (sulfide) groups is 1. The second-order valence-corrected chi connectivity index (χ2v) is 8.03. The van der Waals surface area contributed by atoms with E-state index in [-0.39, 0.29) is 0 Å². The Hall–Kier alpha value is -2.56. The van der Waals surface area contributed by atoms with Crippen LogP contribution in [0.25, 0.3) is 5.69 Å². The molecule has 5 heteroatoms. The Morgan fingerprint density at radius 3 is 2.39 bits per heavy atom. The number of benzene rings is 3. The summed E-state index contributed by atoms with van der Waals surface area (Å²) in [5.74, 6) is 1.75. The van der Waals surface area contributed by atoms with Crippen LogP contribution in [0.15, 0.2) is 84.0 Å². The zero-order valence-corrected chi connectivity index (χ0v) is 17.1. The molecule has 1 heterocycles. The number of halogens is 1. The molecule has 0 aliphatic carbocycles. The second kappa shape index (κ2) is 8.63. The molecule has 0 N–H and O–H groups in total. The van der Waals surface area contributed by atoms with Crippen LogP contribution in [0.2, 0.25) is 5.02 Å². The van der Waals surface area contributed by atoms with Gasteiger partial charge in [-0.05, 0) is 47.9 Å². The SMILES string of the molecule is Cc1cccc(-n2c(Cc3ccccc3)nnc2SCc2ccc(Cl)cc2)c1. The lowest BCUT2D eigenvalue weighted by Gasteiger charge is -2.11. The topological polar surface area (TPSA) is 30.7 Å². The van der Waals surface area contributed by atoms with E-state index in [9.17, 15) is 0 Å². The third-order valence-corrected chi connectivity index (χ3v) is 5.70. The summed E-state index contributed by atoms with van der Waals surface area (Å²) >= 11 is 7.68. The van der Waals surface area contributed by atoms with Crippen molar-refractivity contribution >= 4 is 23.4 Å². The molecular formula is C23H20ClN3S. The Morgan fingerprint density at radius 1 is 0.857 bits per heavy atom. The minimum absolute atomic E-state index is 0.739. The Morgan fingerprint density at radius 2 is 1.64 bits per heavy atom. The number of rotatable bonds is 6. The van der Waals surface area contributed by atoms with Crippen molar-refractivity contribution in [3.05, 3.63) is 106 Å². The van der Waals surface area contributed by atoms with Crippen LogP contribution in [-0.4, -0.2) is 14.8 Å². The van der Waals surface area contributed by atoms with E-state index in [4.69, 9.17) is 11.6 Å². The van der Waals surface area contributed by atoms with Crippen molar-refractivity contribution in [2.45, 2.75) is 24.3 Å². The molecule has 0 radical (unpaired) electrons. The van der Waals surface area contributed by atoms with E-state index in [0.717, 1.165) is 33.9 Å². The number of hydrogen-bond acceptors (Lipinski definition) is 3. The first-order valence-corrected chi connectivity index (χ1v) is 10.5. The summed E-state index contributed by atoms with van der Waals surface area (Å²) in [6, 6.07) is 26.8. The van der Waals surface area contributed by atoms with E-state index in [2.05, 4.69) is 70.2 Å². The lowest BCUT2D eigenvalue weighted by atomic mass is 10.1. The summed E-state index contributed by atoms with van der Waals surface area (Å²) in [6.07, 6.45) is 0.739. The predicted molar refractivity (Wildman–Crippen MR) is 116 cm³/mol. The van der Waals surface area contributed by atoms with Gasteiger partial charge in [0.2, 0.25) is 0 Å². The zero-order chi connectivity index (χ0) is 19.3. The molecule has 0 amide bonds. The summed E-state index contributed by atoms with van der Waals surface area (Å²) < 4.78 is 2.17. The summed E-state index contributed by atoms with van der Waals surface area (Å²) in [4.78, 5) is 0. The fraction of sp³-hybridized carbons (Fsp3) is 0.130. The van der Waals surface area contributed by atoms with E-state index in [0.29, 0.717) is 0 Å². The molecule has 0 saturated heterocycles. The second-order valence-electron chi connectivity index (χ2n) is 6.65. The molecule has 0 aliphatic heterocycles. The molecular weight excluding hydrogens is 386 g/mol. The van der Waals surface area contributed by atoms with Crippen LogP contribution in [0, 0.1) is 6.92 Å². The highest BCUT2D eigenvalue weighted by atomic mass is 35.5. The number of aryl methyl sites for hydroxylation is 1. The summed E-state index contributed by atoms with van der Waals surface area (Å²) in [5, 5.41) is 10.7. The smallest absolute Gasteiger partial charge is 0.196 e. The number of hydrogen-bond donors (Lipinski definition) is 0. The van der Waals surface area contributed by atoms with Gasteiger partial charge in [0.1, 0.15) is 5.82 Å². The number of nitrogens with zero attached hydrogens (tertiary/aromatic N) is 3. The number of aromatic nitrogens is 3.